The number of rotatable bonds is 2. The minimum absolute atomic E-state index is 0.176. The molecule has 4 rings (SSSR count). The zero-order valence-electron chi connectivity index (χ0n) is 11.4. The van der Waals surface area contributed by atoms with E-state index in [1.54, 1.807) is 0 Å². The highest BCUT2D eigenvalue weighted by Gasteiger charge is 2.68. The average molecular weight is 328 g/mol. The molecule has 6 unspecified atom stereocenters. The van der Waals surface area contributed by atoms with E-state index in [0.29, 0.717) is 18.4 Å². The Hall–Kier alpha value is -0.0900. The van der Waals surface area contributed by atoms with Crippen LogP contribution in [0.25, 0.3) is 0 Å². The van der Waals surface area contributed by atoms with Crippen molar-refractivity contribution in [2.24, 2.45) is 29.6 Å². The molecule has 1 heterocycles. The first-order chi connectivity index (χ1) is 9.20. The molecule has 3 nitrogen and oxygen atoms in total. The van der Waals surface area contributed by atoms with Crippen LogP contribution in [0.1, 0.15) is 26.2 Å². The van der Waals surface area contributed by atoms with Crippen molar-refractivity contribution in [3.63, 3.8) is 0 Å². The maximum atomic E-state index is 12.8. The number of fused-ring (bicyclic) bond motifs is 5. The van der Waals surface area contributed by atoms with Gasteiger partial charge in [-0.2, -0.15) is 0 Å². The van der Waals surface area contributed by atoms with Crippen LogP contribution in [0.4, 0.5) is 0 Å². The highest BCUT2D eigenvalue weighted by molar-refractivity contribution is 9.09. The normalized spacial score (nSPS) is 51.3. The van der Waals surface area contributed by atoms with Crippen molar-refractivity contribution in [1.29, 1.82) is 0 Å². The minimum Gasteiger partial charge on any atom is -0.373 e. The molecule has 3 aliphatic carbocycles. The van der Waals surface area contributed by atoms with Crippen LogP contribution in [-0.4, -0.2) is 41.4 Å². The summed E-state index contributed by atoms with van der Waals surface area (Å²) in [5.41, 5.74) is 0. The number of nitrogens with zero attached hydrogens (tertiary/aromatic N) is 1. The van der Waals surface area contributed by atoms with E-state index in [9.17, 15) is 4.79 Å². The van der Waals surface area contributed by atoms with Crippen LogP contribution < -0.4 is 0 Å². The molecule has 4 aliphatic rings. The lowest BCUT2D eigenvalue weighted by Gasteiger charge is -2.38. The first-order valence-corrected chi connectivity index (χ1v) is 8.81. The van der Waals surface area contributed by atoms with Gasteiger partial charge in [0.1, 0.15) is 0 Å². The van der Waals surface area contributed by atoms with Crippen LogP contribution >= 0.6 is 15.9 Å². The van der Waals surface area contributed by atoms with Gasteiger partial charge in [-0.05, 0) is 49.9 Å². The van der Waals surface area contributed by atoms with Crippen molar-refractivity contribution in [1.82, 2.24) is 4.90 Å². The van der Waals surface area contributed by atoms with E-state index < -0.39 is 0 Å². The van der Waals surface area contributed by atoms with Crippen LogP contribution in [0.2, 0.25) is 0 Å². The Morgan fingerprint density at radius 3 is 2.63 bits per heavy atom. The van der Waals surface area contributed by atoms with Crippen molar-refractivity contribution < 1.29 is 9.53 Å². The Labute approximate surface area is 123 Å². The number of carbonyl (C=O) groups is 1. The minimum atomic E-state index is 0.176. The molecular weight excluding hydrogens is 306 g/mol. The van der Waals surface area contributed by atoms with Gasteiger partial charge >= 0.3 is 0 Å². The number of hydrogen-bond donors (Lipinski definition) is 0. The predicted molar refractivity (Wildman–Crippen MR) is 76.0 cm³/mol. The molecule has 19 heavy (non-hydrogen) atoms. The van der Waals surface area contributed by atoms with E-state index in [4.69, 9.17) is 4.74 Å². The van der Waals surface area contributed by atoms with Crippen molar-refractivity contribution in [2.45, 2.75) is 38.3 Å². The zero-order valence-corrected chi connectivity index (χ0v) is 13.0. The van der Waals surface area contributed by atoms with Crippen LogP contribution in [0, 0.1) is 29.6 Å². The van der Waals surface area contributed by atoms with Crippen molar-refractivity contribution in [2.75, 3.05) is 18.5 Å². The number of hydrogen-bond acceptors (Lipinski definition) is 2. The monoisotopic (exact) mass is 327 g/mol. The lowest BCUT2D eigenvalue weighted by atomic mass is 10.0. The fourth-order valence-electron chi connectivity index (χ4n) is 5.06. The highest BCUT2D eigenvalue weighted by Crippen LogP contribution is 2.69. The molecule has 0 N–H and O–H groups in total. The molecule has 1 amide bonds. The SMILES string of the molecule is CC1COC(CBr)CN1C(=O)C1C2C3CCC(C3)C12. The van der Waals surface area contributed by atoms with E-state index in [1.807, 2.05) is 0 Å². The van der Waals surface area contributed by atoms with Crippen molar-refractivity contribution >= 4 is 21.8 Å². The van der Waals surface area contributed by atoms with Crippen LogP contribution in [-0.2, 0) is 9.53 Å². The van der Waals surface area contributed by atoms with Crippen LogP contribution in [0.15, 0.2) is 0 Å². The third-order valence-corrected chi connectivity index (χ3v) is 6.70. The summed E-state index contributed by atoms with van der Waals surface area (Å²) >= 11 is 3.47. The van der Waals surface area contributed by atoms with Crippen LogP contribution in [0.3, 0.4) is 0 Å². The van der Waals surface area contributed by atoms with Gasteiger partial charge in [-0.1, -0.05) is 15.9 Å². The first-order valence-electron chi connectivity index (χ1n) is 7.68. The smallest absolute Gasteiger partial charge is 0.226 e. The number of halogens is 1. The molecule has 0 spiro atoms. The second-order valence-corrected chi connectivity index (χ2v) is 7.61. The third-order valence-electron chi connectivity index (χ3n) is 5.98. The second-order valence-electron chi connectivity index (χ2n) is 6.96. The molecule has 0 aromatic rings. The molecule has 6 atom stereocenters. The van der Waals surface area contributed by atoms with Gasteiger partial charge in [0.2, 0.25) is 5.91 Å². The number of carbonyl (C=O) groups excluding carboxylic acids is 1. The van der Waals surface area contributed by atoms with Gasteiger partial charge < -0.3 is 9.64 Å². The highest BCUT2D eigenvalue weighted by atomic mass is 79.9. The second kappa shape index (κ2) is 4.45. The fourth-order valence-corrected chi connectivity index (χ4v) is 5.46. The molecular formula is C15H22BrNO2. The molecule has 0 radical (unpaired) electrons. The molecule has 1 saturated heterocycles. The molecule has 4 fully saturated rings. The number of ether oxygens (including phenoxy) is 1. The van der Waals surface area contributed by atoms with Crippen LogP contribution in [0.5, 0.6) is 0 Å². The molecule has 106 valence electrons. The van der Waals surface area contributed by atoms with Gasteiger partial charge in [0, 0.05) is 17.8 Å². The largest absolute Gasteiger partial charge is 0.373 e. The van der Waals surface area contributed by atoms with Gasteiger partial charge in [0.15, 0.2) is 0 Å². The molecule has 4 heteroatoms. The third kappa shape index (κ3) is 1.82. The topological polar surface area (TPSA) is 29.5 Å². The quantitative estimate of drug-likeness (QED) is 0.728. The summed E-state index contributed by atoms with van der Waals surface area (Å²) < 4.78 is 5.73. The molecule has 0 aromatic heterocycles. The lowest BCUT2D eigenvalue weighted by molar-refractivity contribution is -0.145. The first kappa shape index (κ1) is 12.6. The predicted octanol–water partition coefficient (Wildman–Crippen LogP) is 2.29. The Morgan fingerprint density at radius 2 is 2.00 bits per heavy atom. The Kier molecular flexibility index (Phi) is 2.96. The standard InChI is InChI=1S/C15H22BrNO2/c1-8-7-19-11(5-16)6-17(8)15(18)14-12-9-2-3-10(4-9)13(12)14/h8-14H,2-7H2,1H3. The van der Waals surface area contributed by atoms with E-state index in [0.717, 1.165) is 35.5 Å². The summed E-state index contributed by atoms with van der Waals surface area (Å²) in [7, 11) is 0. The maximum absolute atomic E-state index is 12.8. The van der Waals surface area contributed by atoms with E-state index in [-0.39, 0.29) is 12.1 Å². The summed E-state index contributed by atoms with van der Waals surface area (Å²) in [4.78, 5) is 14.9. The van der Waals surface area contributed by atoms with Crippen molar-refractivity contribution in [3.8, 4) is 0 Å². The summed E-state index contributed by atoms with van der Waals surface area (Å²) in [6.07, 6.45) is 4.37. The summed E-state index contributed by atoms with van der Waals surface area (Å²) in [5, 5.41) is 0.826. The number of alkyl halides is 1. The maximum Gasteiger partial charge on any atom is 0.226 e. The molecule has 0 aromatic carbocycles. The van der Waals surface area contributed by atoms with Crippen molar-refractivity contribution in [3.05, 3.63) is 0 Å². The summed E-state index contributed by atoms with van der Waals surface area (Å²) in [5.74, 6) is 4.09. The summed E-state index contributed by atoms with van der Waals surface area (Å²) in [6, 6.07) is 0.252. The molecule has 3 saturated carbocycles. The van der Waals surface area contributed by atoms with Gasteiger partial charge in [-0.25, -0.2) is 0 Å². The van der Waals surface area contributed by atoms with E-state index >= 15 is 0 Å². The van der Waals surface area contributed by atoms with Gasteiger partial charge in [-0.3, -0.25) is 4.79 Å². The summed E-state index contributed by atoms with van der Waals surface area (Å²) in [6.45, 7) is 3.59. The molecule has 1 aliphatic heterocycles. The Morgan fingerprint density at radius 1 is 1.32 bits per heavy atom. The fraction of sp³-hybridized carbons (Fsp3) is 0.933. The van der Waals surface area contributed by atoms with E-state index in [1.165, 1.54) is 19.3 Å². The Bertz CT molecular complexity index is 386. The Balaban J connectivity index is 1.46. The van der Waals surface area contributed by atoms with Gasteiger partial charge in [-0.15, -0.1) is 0 Å². The van der Waals surface area contributed by atoms with E-state index in [2.05, 4.69) is 27.8 Å². The number of morpholine rings is 1. The average Bonchev–Trinajstić information content (AvgIpc) is 2.86. The lowest BCUT2D eigenvalue weighted by Crippen LogP contribution is -2.52. The van der Waals surface area contributed by atoms with Gasteiger partial charge in [0.25, 0.3) is 0 Å². The number of amides is 1. The van der Waals surface area contributed by atoms with Gasteiger partial charge in [0.05, 0.1) is 18.8 Å². The zero-order chi connectivity index (χ0) is 13.1. The molecule has 2 bridgehead atoms.